The molecule has 0 aromatic heterocycles. The number of nitrogens with one attached hydrogen (secondary N) is 1. The van der Waals surface area contributed by atoms with Gasteiger partial charge in [-0.05, 0) is 23.1 Å². The van der Waals surface area contributed by atoms with E-state index in [1.807, 2.05) is 0 Å². The fourth-order valence-corrected chi connectivity index (χ4v) is 1.85. The first-order valence-corrected chi connectivity index (χ1v) is 4.71. The van der Waals surface area contributed by atoms with Gasteiger partial charge in [0.2, 0.25) is 0 Å². The maximum atomic E-state index is 5.09. The average molecular weight is 177 g/mol. The highest BCUT2D eigenvalue weighted by atomic mass is 16.5. The van der Waals surface area contributed by atoms with E-state index in [1.54, 1.807) is 7.11 Å². The third-order valence-electron chi connectivity index (χ3n) is 2.56. The van der Waals surface area contributed by atoms with Crippen molar-refractivity contribution >= 4 is 0 Å². The van der Waals surface area contributed by atoms with Crippen molar-refractivity contribution in [1.29, 1.82) is 0 Å². The number of hydrogen-bond donors (Lipinski definition) is 1. The van der Waals surface area contributed by atoms with E-state index in [-0.39, 0.29) is 0 Å². The molecule has 70 valence electrons. The van der Waals surface area contributed by atoms with Crippen molar-refractivity contribution < 1.29 is 4.74 Å². The molecule has 1 heterocycles. The summed E-state index contributed by atoms with van der Waals surface area (Å²) in [4.78, 5) is 0. The Hall–Kier alpha value is -0.860. The molecule has 2 heteroatoms. The first kappa shape index (κ1) is 8.73. The molecule has 0 saturated heterocycles. The molecule has 13 heavy (non-hydrogen) atoms. The van der Waals surface area contributed by atoms with Gasteiger partial charge in [-0.15, -0.1) is 0 Å². The summed E-state index contributed by atoms with van der Waals surface area (Å²) in [5, 5.41) is 3.36. The molecule has 0 unspecified atom stereocenters. The van der Waals surface area contributed by atoms with Gasteiger partial charge in [0.05, 0.1) is 6.61 Å². The molecule has 1 aromatic rings. The number of fused-ring (bicyclic) bond motifs is 1. The number of methoxy groups -OCH3 is 1. The molecule has 1 N–H and O–H groups in total. The highest BCUT2D eigenvalue weighted by molar-refractivity contribution is 5.37. The largest absolute Gasteiger partial charge is 0.384 e. The predicted octanol–water partition coefficient (Wildman–Crippen LogP) is 1.48. The second-order valence-electron chi connectivity index (χ2n) is 3.40. The third kappa shape index (κ3) is 1.74. The number of ether oxygens (including phenoxy) is 1. The van der Waals surface area contributed by atoms with E-state index in [0.717, 1.165) is 26.1 Å². The summed E-state index contributed by atoms with van der Waals surface area (Å²) in [6.45, 7) is 2.86. The van der Waals surface area contributed by atoms with Gasteiger partial charge in [0.25, 0.3) is 0 Å². The van der Waals surface area contributed by atoms with Gasteiger partial charge < -0.3 is 10.1 Å². The van der Waals surface area contributed by atoms with E-state index in [0.29, 0.717) is 0 Å². The van der Waals surface area contributed by atoms with E-state index >= 15 is 0 Å². The molecule has 0 amide bonds. The van der Waals surface area contributed by atoms with Gasteiger partial charge in [-0.1, -0.05) is 18.2 Å². The summed E-state index contributed by atoms with van der Waals surface area (Å²) >= 11 is 0. The zero-order chi connectivity index (χ0) is 9.10. The van der Waals surface area contributed by atoms with Crippen molar-refractivity contribution in [3.8, 4) is 0 Å². The zero-order valence-electron chi connectivity index (χ0n) is 7.97. The summed E-state index contributed by atoms with van der Waals surface area (Å²) in [7, 11) is 1.75. The molecule has 0 radical (unpaired) electrons. The average Bonchev–Trinajstić information content (AvgIpc) is 2.62. The molecule has 0 bridgehead atoms. The van der Waals surface area contributed by atoms with E-state index < -0.39 is 0 Å². The topological polar surface area (TPSA) is 21.3 Å². The first-order valence-electron chi connectivity index (χ1n) is 4.71. The van der Waals surface area contributed by atoms with Gasteiger partial charge >= 0.3 is 0 Å². The van der Waals surface area contributed by atoms with Gasteiger partial charge in [0.1, 0.15) is 0 Å². The summed E-state index contributed by atoms with van der Waals surface area (Å²) in [5.74, 6) is 0. The van der Waals surface area contributed by atoms with E-state index in [2.05, 4.69) is 23.5 Å². The van der Waals surface area contributed by atoms with Gasteiger partial charge in [0, 0.05) is 20.2 Å². The summed E-state index contributed by atoms with van der Waals surface area (Å²) in [5.41, 5.74) is 4.37. The minimum absolute atomic E-state index is 0.816. The van der Waals surface area contributed by atoms with Crippen LogP contribution in [-0.2, 0) is 24.2 Å². The Morgan fingerprint density at radius 2 is 2.31 bits per heavy atom. The second kappa shape index (κ2) is 3.90. The molecule has 1 aliphatic rings. The standard InChI is InChI=1S/C11H15NO/c1-13-6-5-9-3-2-4-10-7-12-8-11(9)10/h2-4,12H,5-8H2,1H3. The van der Waals surface area contributed by atoms with Crippen molar-refractivity contribution in [2.24, 2.45) is 0 Å². The summed E-state index contributed by atoms with van der Waals surface area (Å²) < 4.78 is 5.09. The molecule has 1 aromatic carbocycles. The van der Waals surface area contributed by atoms with Crippen LogP contribution < -0.4 is 5.32 Å². The van der Waals surface area contributed by atoms with Crippen molar-refractivity contribution in [2.75, 3.05) is 13.7 Å². The van der Waals surface area contributed by atoms with Crippen LogP contribution in [0.15, 0.2) is 18.2 Å². The molecule has 2 rings (SSSR count). The lowest BCUT2D eigenvalue weighted by Crippen LogP contribution is -2.02. The molecule has 0 aliphatic carbocycles. The fraction of sp³-hybridized carbons (Fsp3) is 0.455. The Kier molecular flexibility index (Phi) is 2.62. The number of hydrogen-bond acceptors (Lipinski definition) is 2. The number of rotatable bonds is 3. The SMILES string of the molecule is COCCc1cccc2c1CNC2. The van der Waals surface area contributed by atoms with Crippen LogP contribution in [0.3, 0.4) is 0 Å². The van der Waals surface area contributed by atoms with Crippen LogP contribution in [0.2, 0.25) is 0 Å². The van der Waals surface area contributed by atoms with Crippen LogP contribution in [0, 0.1) is 0 Å². The van der Waals surface area contributed by atoms with Crippen LogP contribution in [0.1, 0.15) is 16.7 Å². The Balaban J connectivity index is 2.20. The molecule has 0 saturated carbocycles. The van der Waals surface area contributed by atoms with E-state index in [9.17, 15) is 0 Å². The predicted molar refractivity (Wildman–Crippen MR) is 52.6 cm³/mol. The third-order valence-corrected chi connectivity index (χ3v) is 2.56. The Morgan fingerprint density at radius 1 is 1.38 bits per heavy atom. The minimum atomic E-state index is 0.816. The van der Waals surface area contributed by atoms with Crippen molar-refractivity contribution in [3.63, 3.8) is 0 Å². The van der Waals surface area contributed by atoms with Gasteiger partial charge in [-0.25, -0.2) is 0 Å². The molecule has 0 atom stereocenters. The maximum Gasteiger partial charge on any atom is 0.0502 e. The quantitative estimate of drug-likeness (QED) is 0.755. The molecule has 0 spiro atoms. The smallest absolute Gasteiger partial charge is 0.0502 e. The van der Waals surface area contributed by atoms with Crippen molar-refractivity contribution in [1.82, 2.24) is 5.32 Å². The fourth-order valence-electron chi connectivity index (χ4n) is 1.85. The van der Waals surface area contributed by atoms with Crippen LogP contribution in [0.5, 0.6) is 0 Å². The Morgan fingerprint density at radius 3 is 3.15 bits per heavy atom. The first-order chi connectivity index (χ1) is 6.42. The lowest BCUT2D eigenvalue weighted by molar-refractivity contribution is 0.202. The Bertz CT molecular complexity index is 296. The van der Waals surface area contributed by atoms with Crippen LogP contribution >= 0.6 is 0 Å². The monoisotopic (exact) mass is 177 g/mol. The highest BCUT2D eigenvalue weighted by Gasteiger charge is 2.12. The molecule has 1 aliphatic heterocycles. The van der Waals surface area contributed by atoms with Gasteiger partial charge in [-0.2, -0.15) is 0 Å². The highest BCUT2D eigenvalue weighted by Crippen LogP contribution is 2.19. The van der Waals surface area contributed by atoms with Crippen LogP contribution in [-0.4, -0.2) is 13.7 Å². The summed E-state index contributed by atoms with van der Waals surface area (Å²) in [6.07, 6.45) is 1.03. The molecular weight excluding hydrogens is 162 g/mol. The van der Waals surface area contributed by atoms with Crippen molar-refractivity contribution in [3.05, 3.63) is 34.9 Å². The molecule has 0 fully saturated rings. The van der Waals surface area contributed by atoms with Crippen LogP contribution in [0.4, 0.5) is 0 Å². The normalized spacial score (nSPS) is 14.5. The minimum Gasteiger partial charge on any atom is -0.384 e. The number of benzene rings is 1. The van der Waals surface area contributed by atoms with Crippen molar-refractivity contribution in [2.45, 2.75) is 19.5 Å². The van der Waals surface area contributed by atoms with Crippen LogP contribution in [0.25, 0.3) is 0 Å². The Labute approximate surface area is 78.9 Å². The van der Waals surface area contributed by atoms with Gasteiger partial charge in [-0.3, -0.25) is 0 Å². The molecule has 2 nitrogen and oxygen atoms in total. The zero-order valence-corrected chi connectivity index (χ0v) is 7.97. The summed E-state index contributed by atoms with van der Waals surface area (Å²) in [6, 6.07) is 6.54. The lowest BCUT2D eigenvalue weighted by atomic mass is 10.0. The second-order valence-corrected chi connectivity index (χ2v) is 3.40. The van der Waals surface area contributed by atoms with E-state index in [1.165, 1.54) is 16.7 Å². The van der Waals surface area contributed by atoms with E-state index in [4.69, 9.17) is 4.74 Å². The van der Waals surface area contributed by atoms with Gasteiger partial charge in [0.15, 0.2) is 0 Å². The maximum absolute atomic E-state index is 5.09. The lowest BCUT2D eigenvalue weighted by Gasteiger charge is -2.06. The molecular formula is C11H15NO.